The minimum atomic E-state index is 0.0324. The Balaban J connectivity index is 2.35. The summed E-state index contributed by atoms with van der Waals surface area (Å²) in [5.41, 5.74) is 1.89. The number of hydrogen-bond acceptors (Lipinski definition) is 3. The van der Waals surface area contributed by atoms with Gasteiger partial charge in [-0.15, -0.1) is 0 Å². The summed E-state index contributed by atoms with van der Waals surface area (Å²) in [5.74, 6) is 0. The van der Waals surface area contributed by atoms with Crippen molar-refractivity contribution in [3.63, 3.8) is 0 Å². The molecule has 3 rings (SSSR count). The van der Waals surface area contributed by atoms with Crippen LogP contribution >= 0.6 is 0 Å². The Morgan fingerprint density at radius 3 is 2.40 bits per heavy atom. The molecule has 1 aromatic heterocycles. The summed E-state index contributed by atoms with van der Waals surface area (Å²) < 4.78 is 0. The second-order valence-electron chi connectivity index (χ2n) is 2.46. The van der Waals surface area contributed by atoms with Gasteiger partial charge in [0, 0.05) is 7.05 Å². The van der Waals surface area contributed by atoms with Crippen LogP contribution in [0.3, 0.4) is 0 Å². The number of aromatic nitrogens is 1. The Hall–Kier alpha value is -0.930. The molecule has 0 radical (unpaired) electrons. The number of fused-ring (bicyclic) bond motifs is 2. The Labute approximate surface area is 58.9 Å². The molecule has 2 heterocycles. The lowest BCUT2D eigenvalue weighted by Gasteiger charge is -2.29. The van der Waals surface area contributed by atoms with Crippen LogP contribution in [0.5, 0.6) is 0 Å². The van der Waals surface area contributed by atoms with Gasteiger partial charge in [0.1, 0.15) is 6.04 Å². The second kappa shape index (κ2) is 1.78. The largest absolute Gasteiger partial charge is 0.313 e. The van der Waals surface area contributed by atoms with E-state index in [9.17, 15) is 0 Å². The van der Waals surface area contributed by atoms with Crippen molar-refractivity contribution in [3.05, 3.63) is 29.6 Å². The van der Waals surface area contributed by atoms with Crippen molar-refractivity contribution in [1.29, 1.82) is 0 Å². The third-order valence-electron chi connectivity index (χ3n) is 1.73. The van der Waals surface area contributed by atoms with E-state index in [0.717, 1.165) is 11.4 Å². The molecule has 0 fully saturated rings. The maximum Gasteiger partial charge on any atom is 0.119 e. The van der Waals surface area contributed by atoms with Gasteiger partial charge >= 0.3 is 0 Å². The molecule has 0 saturated carbocycles. The van der Waals surface area contributed by atoms with E-state index in [1.807, 2.05) is 18.2 Å². The summed E-state index contributed by atoms with van der Waals surface area (Å²) in [5, 5.41) is 10.2. The average molecular weight is 136 g/mol. The van der Waals surface area contributed by atoms with Gasteiger partial charge in [0.05, 0.1) is 11.4 Å². The lowest BCUT2D eigenvalue weighted by molar-refractivity contribution is -0.0996. The monoisotopic (exact) mass is 136 g/mol. The van der Waals surface area contributed by atoms with Gasteiger partial charge in [-0.3, -0.25) is 4.98 Å². The molecule has 0 saturated heterocycles. The summed E-state index contributed by atoms with van der Waals surface area (Å²) in [4.78, 5) is 4.12. The highest BCUT2D eigenvalue weighted by molar-refractivity contribution is 5.31. The van der Waals surface area contributed by atoms with E-state index < -0.39 is 0 Å². The maximum atomic E-state index is 9.06. The van der Waals surface area contributed by atoms with E-state index in [0.29, 0.717) is 0 Å². The third kappa shape index (κ3) is 0.587. The molecule has 52 valence electrons. The van der Waals surface area contributed by atoms with Crippen molar-refractivity contribution >= 4 is 0 Å². The van der Waals surface area contributed by atoms with E-state index in [1.54, 1.807) is 7.05 Å². The van der Waals surface area contributed by atoms with Crippen LogP contribution < -0.4 is 0 Å². The molecule has 1 aliphatic heterocycles. The summed E-state index contributed by atoms with van der Waals surface area (Å²) in [6.07, 6.45) is 0. The quantitative estimate of drug-likeness (QED) is 0.580. The van der Waals surface area contributed by atoms with Crippen LogP contribution in [0.4, 0.5) is 0 Å². The van der Waals surface area contributed by atoms with Crippen LogP contribution in [0, 0.1) is 0 Å². The van der Waals surface area contributed by atoms with Gasteiger partial charge in [-0.05, 0) is 12.1 Å². The summed E-state index contributed by atoms with van der Waals surface area (Å²) in [7, 11) is 1.63. The van der Waals surface area contributed by atoms with Crippen LogP contribution in [0.2, 0.25) is 0 Å². The predicted octanol–water partition coefficient (Wildman–Crippen LogP) is 0.805. The maximum absolute atomic E-state index is 9.06. The first kappa shape index (κ1) is 5.82. The van der Waals surface area contributed by atoms with Gasteiger partial charge in [-0.1, -0.05) is 6.07 Å². The fourth-order valence-electron chi connectivity index (χ4n) is 1.24. The van der Waals surface area contributed by atoms with E-state index in [-0.39, 0.29) is 6.04 Å². The third-order valence-corrected chi connectivity index (χ3v) is 1.73. The van der Waals surface area contributed by atoms with Gasteiger partial charge in [-0.2, -0.15) is 5.06 Å². The normalized spacial score (nSPS) is 15.5. The summed E-state index contributed by atoms with van der Waals surface area (Å²) >= 11 is 0. The van der Waals surface area contributed by atoms with Gasteiger partial charge in [0.25, 0.3) is 0 Å². The van der Waals surface area contributed by atoms with Gasteiger partial charge < -0.3 is 5.21 Å². The fraction of sp³-hybridized carbons (Fsp3) is 0.286. The molecule has 1 aliphatic carbocycles. The SMILES string of the molecule is CN(O)C1c2cccc1n2. The minimum Gasteiger partial charge on any atom is -0.313 e. The predicted molar refractivity (Wildman–Crippen MR) is 35.6 cm³/mol. The van der Waals surface area contributed by atoms with Crippen LogP contribution in [-0.2, 0) is 0 Å². The van der Waals surface area contributed by atoms with Crippen molar-refractivity contribution in [2.24, 2.45) is 0 Å². The first-order chi connectivity index (χ1) is 4.79. The van der Waals surface area contributed by atoms with E-state index in [4.69, 9.17) is 5.21 Å². The average Bonchev–Trinajstić information content (AvgIpc) is 1.87. The van der Waals surface area contributed by atoms with Crippen LogP contribution in [0.1, 0.15) is 17.4 Å². The lowest BCUT2D eigenvalue weighted by atomic mass is 10.0. The van der Waals surface area contributed by atoms with E-state index >= 15 is 0 Å². The molecule has 3 nitrogen and oxygen atoms in total. The first-order valence-electron chi connectivity index (χ1n) is 3.17. The summed E-state index contributed by atoms with van der Waals surface area (Å²) in [6.45, 7) is 0. The highest BCUT2D eigenvalue weighted by Crippen LogP contribution is 2.31. The topological polar surface area (TPSA) is 36.4 Å². The molecule has 3 heteroatoms. The molecule has 0 spiro atoms. The molecule has 1 aromatic rings. The van der Waals surface area contributed by atoms with E-state index in [2.05, 4.69) is 4.98 Å². The smallest absolute Gasteiger partial charge is 0.119 e. The molecule has 2 aliphatic rings. The Morgan fingerprint density at radius 1 is 1.50 bits per heavy atom. The van der Waals surface area contributed by atoms with Crippen molar-refractivity contribution in [3.8, 4) is 0 Å². The molecule has 10 heavy (non-hydrogen) atoms. The van der Waals surface area contributed by atoms with Crippen molar-refractivity contribution in [1.82, 2.24) is 10.0 Å². The molecule has 0 amide bonds. The minimum absolute atomic E-state index is 0.0324. The highest BCUT2D eigenvalue weighted by Gasteiger charge is 2.28. The van der Waals surface area contributed by atoms with Crippen LogP contribution in [0.25, 0.3) is 0 Å². The molecule has 2 bridgehead atoms. The summed E-state index contributed by atoms with van der Waals surface area (Å²) in [6, 6.07) is 5.79. The molecule has 0 atom stereocenters. The number of hydrogen-bond donors (Lipinski definition) is 1. The Bertz CT molecular complexity index is 233. The highest BCUT2D eigenvalue weighted by atomic mass is 16.5. The lowest BCUT2D eigenvalue weighted by Crippen LogP contribution is -2.30. The Kier molecular flexibility index (Phi) is 1.03. The first-order valence-corrected chi connectivity index (χ1v) is 3.17. The molecule has 1 N–H and O–H groups in total. The zero-order valence-electron chi connectivity index (χ0n) is 5.65. The van der Waals surface area contributed by atoms with E-state index in [1.165, 1.54) is 5.06 Å². The van der Waals surface area contributed by atoms with Crippen LogP contribution in [0.15, 0.2) is 18.2 Å². The number of rotatable bonds is 1. The molecule has 0 aromatic carbocycles. The van der Waals surface area contributed by atoms with Crippen molar-refractivity contribution in [2.75, 3.05) is 7.05 Å². The van der Waals surface area contributed by atoms with Gasteiger partial charge in [0.2, 0.25) is 0 Å². The van der Waals surface area contributed by atoms with Crippen molar-refractivity contribution in [2.45, 2.75) is 6.04 Å². The number of pyridine rings is 1. The molecular formula is C7H8N2O. The fourth-order valence-corrected chi connectivity index (χ4v) is 1.24. The zero-order chi connectivity index (χ0) is 7.14. The van der Waals surface area contributed by atoms with Crippen molar-refractivity contribution < 1.29 is 5.21 Å². The molecular weight excluding hydrogens is 128 g/mol. The number of hydroxylamine groups is 2. The standard InChI is InChI=1S/C7H8N2O/c1-9(10)7-5-3-2-4-6(7)8-5/h2-4,7,10H,1H3. The number of nitrogens with zero attached hydrogens (tertiary/aromatic N) is 2. The van der Waals surface area contributed by atoms with Crippen LogP contribution in [-0.4, -0.2) is 22.3 Å². The van der Waals surface area contributed by atoms with Gasteiger partial charge in [-0.25, -0.2) is 0 Å². The zero-order valence-corrected chi connectivity index (χ0v) is 5.65. The van der Waals surface area contributed by atoms with Gasteiger partial charge in [0.15, 0.2) is 0 Å². The molecule has 0 unspecified atom stereocenters. The Morgan fingerprint density at radius 2 is 2.10 bits per heavy atom. The second-order valence-corrected chi connectivity index (χ2v) is 2.46.